The van der Waals surface area contributed by atoms with E-state index in [-0.39, 0.29) is 25.1 Å². The number of hydrogen-bond donors (Lipinski definition) is 1. The Balaban J connectivity index is 2.11. The lowest BCUT2D eigenvalue weighted by Crippen LogP contribution is -2.60. The molecule has 2 rings (SSSR count). The van der Waals surface area contributed by atoms with Crippen LogP contribution in [0.1, 0.15) is 30.6 Å². The first-order valence-electron chi connectivity index (χ1n) is 8.58. The number of nitrogens with zero attached hydrogens (tertiary/aromatic N) is 2. The van der Waals surface area contributed by atoms with E-state index in [0.29, 0.717) is 13.0 Å². The van der Waals surface area contributed by atoms with E-state index in [2.05, 4.69) is 0 Å². The van der Waals surface area contributed by atoms with Gasteiger partial charge in [-0.3, -0.25) is 9.59 Å². The Labute approximate surface area is 158 Å². The highest BCUT2D eigenvalue weighted by molar-refractivity contribution is 5.94. The van der Waals surface area contributed by atoms with Crippen molar-refractivity contribution in [2.24, 2.45) is 5.92 Å². The number of amides is 2. The van der Waals surface area contributed by atoms with E-state index < -0.39 is 47.2 Å². The molecule has 3 unspecified atom stereocenters. The third kappa shape index (κ3) is 4.11. The van der Waals surface area contributed by atoms with Crippen LogP contribution in [0, 0.1) is 17.6 Å². The van der Waals surface area contributed by atoms with E-state index in [4.69, 9.17) is 0 Å². The molecule has 1 saturated heterocycles. The van der Waals surface area contributed by atoms with E-state index in [1.54, 1.807) is 6.92 Å². The Morgan fingerprint density at radius 2 is 1.86 bits per heavy atom. The number of piperidine rings is 1. The Hall–Kier alpha value is -2.23. The first-order chi connectivity index (χ1) is 12.8. The molecule has 1 fully saturated rings. The van der Waals surface area contributed by atoms with Crippen molar-refractivity contribution in [1.29, 1.82) is 0 Å². The van der Waals surface area contributed by atoms with E-state index in [0.717, 1.165) is 17.0 Å². The van der Waals surface area contributed by atoms with Gasteiger partial charge in [0.15, 0.2) is 0 Å². The summed E-state index contributed by atoms with van der Waals surface area (Å²) in [6.07, 6.45) is -4.97. The smallest absolute Gasteiger partial charge is 0.373 e. The summed E-state index contributed by atoms with van der Waals surface area (Å²) in [5.74, 6) is -4.42. The van der Waals surface area contributed by atoms with E-state index in [1.807, 2.05) is 0 Å². The van der Waals surface area contributed by atoms with Crippen molar-refractivity contribution in [3.63, 3.8) is 0 Å². The Bertz CT molecular complexity index is 766. The molecule has 1 N–H and O–H groups in total. The van der Waals surface area contributed by atoms with Crippen LogP contribution < -0.4 is 0 Å². The maximum atomic E-state index is 13.9. The molecule has 0 radical (unpaired) electrons. The molecule has 0 saturated carbocycles. The zero-order valence-corrected chi connectivity index (χ0v) is 15.6. The van der Waals surface area contributed by atoms with Crippen molar-refractivity contribution >= 4 is 11.8 Å². The fourth-order valence-electron chi connectivity index (χ4n) is 3.33. The van der Waals surface area contributed by atoms with Gasteiger partial charge in [0.2, 0.25) is 5.60 Å². The molecule has 0 spiro atoms. The number of rotatable bonds is 3. The third-order valence-corrected chi connectivity index (χ3v) is 5.09. The van der Waals surface area contributed by atoms with Gasteiger partial charge in [0.25, 0.3) is 11.8 Å². The van der Waals surface area contributed by atoms with Crippen molar-refractivity contribution in [2.45, 2.75) is 38.1 Å². The molecule has 1 aliphatic rings. The van der Waals surface area contributed by atoms with Crippen LogP contribution in [-0.4, -0.2) is 64.7 Å². The second-order valence-corrected chi connectivity index (χ2v) is 7.19. The third-order valence-electron chi connectivity index (χ3n) is 5.09. The monoisotopic (exact) mass is 408 g/mol. The van der Waals surface area contributed by atoms with Crippen LogP contribution in [-0.2, 0) is 4.79 Å². The van der Waals surface area contributed by atoms with Crippen LogP contribution >= 0.6 is 0 Å². The van der Waals surface area contributed by atoms with Gasteiger partial charge in [-0.15, -0.1) is 0 Å². The molecular weight excluding hydrogens is 387 g/mol. The number of likely N-dealkylation sites (tertiary alicyclic amines) is 1. The topological polar surface area (TPSA) is 60.9 Å². The van der Waals surface area contributed by atoms with Gasteiger partial charge in [-0.1, -0.05) is 6.92 Å². The molecule has 1 heterocycles. The van der Waals surface area contributed by atoms with Crippen LogP contribution in [0.4, 0.5) is 22.0 Å². The number of aliphatic hydroxyl groups is 1. The summed E-state index contributed by atoms with van der Waals surface area (Å²) in [6, 6.07) is 2.09. The second kappa shape index (κ2) is 7.65. The van der Waals surface area contributed by atoms with Gasteiger partial charge in [0, 0.05) is 32.2 Å². The van der Waals surface area contributed by atoms with Crippen molar-refractivity contribution in [2.75, 3.05) is 20.1 Å². The molecule has 1 aromatic carbocycles. The zero-order chi connectivity index (χ0) is 21.4. The van der Waals surface area contributed by atoms with E-state index >= 15 is 0 Å². The highest BCUT2D eigenvalue weighted by Crippen LogP contribution is 2.33. The molecule has 0 bridgehead atoms. The van der Waals surface area contributed by atoms with Gasteiger partial charge in [-0.2, -0.15) is 13.2 Å². The van der Waals surface area contributed by atoms with Crippen molar-refractivity contribution < 1.29 is 36.6 Å². The first kappa shape index (κ1) is 22.1. The minimum Gasteiger partial charge on any atom is -0.373 e. The standard InChI is InChI=1S/C18H21F5N2O3/c1-10-9-25(16(27)17(2,28)18(21,22)23)7-6-14(10)24(3)15(26)12-5-4-11(19)8-13(12)20/h4-5,8,10,14,28H,6-7,9H2,1-3H3. The zero-order valence-electron chi connectivity index (χ0n) is 15.6. The van der Waals surface area contributed by atoms with Crippen LogP contribution in [0.25, 0.3) is 0 Å². The van der Waals surface area contributed by atoms with Crippen LogP contribution in [0.5, 0.6) is 0 Å². The molecule has 10 heteroatoms. The SMILES string of the molecule is CC1CN(C(=O)C(C)(O)C(F)(F)F)CCC1N(C)C(=O)c1ccc(F)cc1F. The molecular formula is C18H21F5N2O3. The predicted molar refractivity (Wildman–Crippen MR) is 89.3 cm³/mol. The minimum atomic E-state index is -5.11. The lowest BCUT2D eigenvalue weighted by Gasteiger charge is -2.43. The highest BCUT2D eigenvalue weighted by Gasteiger charge is 2.57. The Morgan fingerprint density at radius 3 is 2.36 bits per heavy atom. The summed E-state index contributed by atoms with van der Waals surface area (Å²) in [6.45, 7) is 1.82. The van der Waals surface area contributed by atoms with Gasteiger partial charge in [-0.25, -0.2) is 8.78 Å². The lowest BCUT2D eigenvalue weighted by atomic mass is 9.90. The summed E-state index contributed by atoms with van der Waals surface area (Å²) in [7, 11) is 1.41. The molecule has 5 nitrogen and oxygen atoms in total. The quantitative estimate of drug-likeness (QED) is 0.783. The van der Waals surface area contributed by atoms with Gasteiger partial charge >= 0.3 is 6.18 Å². The molecule has 3 atom stereocenters. The number of benzene rings is 1. The van der Waals surface area contributed by atoms with E-state index in [9.17, 15) is 36.6 Å². The second-order valence-electron chi connectivity index (χ2n) is 7.19. The minimum absolute atomic E-state index is 0.108. The average Bonchev–Trinajstić information content (AvgIpc) is 2.58. The fraction of sp³-hybridized carbons (Fsp3) is 0.556. The average molecular weight is 408 g/mol. The molecule has 1 aliphatic heterocycles. The molecule has 2 amide bonds. The van der Waals surface area contributed by atoms with Crippen molar-refractivity contribution in [3.05, 3.63) is 35.4 Å². The van der Waals surface area contributed by atoms with Gasteiger partial charge in [-0.05, 0) is 31.4 Å². The normalized spacial score (nSPS) is 22.5. The summed E-state index contributed by atoms with van der Waals surface area (Å²) in [4.78, 5) is 26.8. The number of carbonyl (C=O) groups excluding carboxylic acids is 2. The molecule has 156 valence electrons. The number of halogens is 5. The highest BCUT2D eigenvalue weighted by atomic mass is 19.4. The summed E-state index contributed by atoms with van der Waals surface area (Å²) >= 11 is 0. The van der Waals surface area contributed by atoms with Gasteiger partial charge in [0.1, 0.15) is 11.6 Å². The molecule has 1 aromatic rings. The Kier molecular flexibility index (Phi) is 6.03. The predicted octanol–water partition coefficient (Wildman–Crippen LogP) is 2.59. The molecule has 0 aliphatic carbocycles. The van der Waals surface area contributed by atoms with Gasteiger partial charge in [0.05, 0.1) is 5.56 Å². The van der Waals surface area contributed by atoms with Crippen LogP contribution in [0.2, 0.25) is 0 Å². The largest absolute Gasteiger partial charge is 0.426 e. The summed E-state index contributed by atoms with van der Waals surface area (Å²) in [5, 5.41) is 9.57. The van der Waals surface area contributed by atoms with E-state index in [1.165, 1.54) is 11.9 Å². The first-order valence-corrected chi connectivity index (χ1v) is 8.58. The lowest BCUT2D eigenvalue weighted by molar-refractivity contribution is -0.251. The maximum Gasteiger partial charge on any atom is 0.426 e. The summed E-state index contributed by atoms with van der Waals surface area (Å²) < 4.78 is 65.6. The van der Waals surface area contributed by atoms with Gasteiger partial charge < -0.3 is 14.9 Å². The van der Waals surface area contributed by atoms with Crippen LogP contribution in [0.15, 0.2) is 18.2 Å². The molecule has 0 aromatic heterocycles. The Morgan fingerprint density at radius 1 is 1.25 bits per heavy atom. The molecule has 28 heavy (non-hydrogen) atoms. The number of hydrogen-bond acceptors (Lipinski definition) is 3. The maximum absolute atomic E-state index is 13.9. The van der Waals surface area contributed by atoms with Crippen LogP contribution in [0.3, 0.4) is 0 Å². The number of carbonyl (C=O) groups is 2. The fourth-order valence-corrected chi connectivity index (χ4v) is 3.33. The van der Waals surface area contributed by atoms with Crippen molar-refractivity contribution in [3.8, 4) is 0 Å². The van der Waals surface area contributed by atoms with Crippen molar-refractivity contribution in [1.82, 2.24) is 9.80 Å². The summed E-state index contributed by atoms with van der Waals surface area (Å²) in [5.41, 5.74) is -3.83. The number of alkyl halides is 3.